The number of ether oxygens (including phenoxy) is 2. The van der Waals surface area contributed by atoms with Crippen LogP contribution in [0, 0.1) is 13.8 Å². The van der Waals surface area contributed by atoms with Crippen molar-refractivity contribution in [1.29, 1.82) is 0 Å². The molecular formula is C36H24Br4N2O4. The van der Waals surface area contributed by atoms with E-state index >= 15 is 0 Å². The van der Waals surface area contributed by atoms with Crippen LogP contribution in [0.5, 0.6) is 11.5 Å². The summed E-state index contributed by atoms with van der Waals surface area (Å²) in [4.78, 5) is 34.3. The molecule has 0 saturated carbocycles. The Morgan fingerprint density at radius 3 is 1.13 bits per heavy atom. The van der Waals surface area contributed by atoms with Gasteiger partial charge in [-0.05, 0) is 161 Å². The predicted octanol–water partition coefficient (Wildman–Crippen LogP) is 11.3. The Morgan fingerprint density at radius 2 is 0.826 bits per heavy atom. The zero-order valence-electron chi connectivity index (χ0n) is 24.4. The summed E-state index contributed by atoms with van der Waals surface area (Å²) in [6.07, 6.45) is 3.45. The van der Waals surface area contributed by atoms with E-state index in [1.54, 1.807) is 36.7 Å². The number of hydrogen-bond acceptors (Lipinski definition) is 6. The average Bonchev–Trinajstić information content (AvgIpc) is 3.03. The van der Waals surface area contributed by atoms with Crippen LogP contribution in [0.4, 0.5) is 11.4 Å². The molecule has 5 aromatic rings. The highest BCUT2D eigenvalue weighted by Gasteiger charge is 2.16. The first kappa shape index (κ1) is 33.7. The molecule has 6 nitrogen and oxygen atoms in total. The molecule has 5 aromatic carbocycles. The molecule has 46 heavy (non-hydrogen) atoms. The van der Waals surface area contributed by atoms with Crippen LogP contribution in [0.15, 0.2) is 125 Å². The molecular weight excluding hydrogens is 844 g/mol. The Hall–Kier alpha value is -3.70. The summed E-state index contributed by atoms with van der Waals surface area (Å²) in [5.74, 6) is -0.103. The summed E-state index contributed by atoms with van der Waals surface area (Å²) in [7, 11) is 0. The van der Waals surface area contributed by atoms with Crippen LogP contribution in [0.1, 0.15) is 43.0 Å². The van der Waals surface area contributed by atoms with E-state index in [2.05, 4.69) is 73.7 Å². The lowest BCUT2D eigenvalue weighted by Gasteiger charge is -2.10. The van der Waals surface area contributed by atoms with Gasteiger partial charge in [0.05, 0.1) is 40.4 Å². The molecule has 0 radical (unpaired) electrons. The molecule has 0 aliphatic rings. The Balaban J connectivity index is 1.21. The highest BCUT2D eigenvalue weighted by molar-refractivity contribution is 9.11. The maximum absolute atomic E-state index is 12.6. The Kier molecular flexibility index (Phi) is 11.2. The van der Waals surface area contributed by atoms with Gasteiger partial charge in [0.15, 0.2) is 11.5 Å². The fraction of sp³-hybridized carbons (Fsp3) is 0.0556. The minimum Gasteiger partial charge on any atom is -0.421 e. The summed E-state index contributed by atoms with van der Waals surface area (Å²) in [5.41, 5.74) is 6.16. The van der Waals surface area contributed by atoms with E-state index in [0.717, 1.165) is 33.6 Å². The molecule has 5 rings (SSSR count). The summed E-state index contributed by atoms with van der Waals surface area (Å²) >= 11 is 14.0. The van der Waals surface area contributed by atoms with Crippen LogP contribution < -0.4 is 9.47 Å². The number of carbonyl (C=O) groups excluding carboxylic acids is 2. The molecule has 0 aromatic heterocycles. The average molecular weight is 868 g/mol. The quantitative estimate of drug-likeness (QED) is 0.0884. The van der Waals surface area contributed by atoms with Crippen molar-refractivity contribution in [2.75, 3.05) is 0 Å². The van der Waals surface area contributed by atoms with E-state index in [4.69, 9.17) is 9.47 Å². The highest BCUT2D eigenvalue weighted by atomic mass is 79.9. The largest absolute Gasteiger partial charge is 0.421 e. The number of halogens is 4. The number of aliphatic imine (C=N–C) groups is 2. The van der Waals surface area contributed by atoms with Gasteiger partial charge in [-0.1, -0.05) is 35.4 Å². The van der Waals surface area contributed by atoms with Crippen molar-refractivity contribution in [3.8, 4) is 11.5 Å². The molecule has 0 fully saturated rings. The second-order valence-corrected chi connectivity index (χ2v) is 13.6. The first-order valence-electron chi connectivity index (χ1n) is 13.8. The molecule has 230 valence electrons. The van der Waals surface area contributed by atoms with Crippen molar-refractivity contribution < 1.29 is 19.1 Å². The van der Waals surface area contributed by atoms with Crippen molar-refractivity contribution in [1.82, 2.24) is 0 Å². The van der Waals surface area contributed by atoms with Crippen LogP contribution in [-0.2, 0) is 0 Å². The van der Waals surface area contributed by atoms with Crippen molar-refractivity contribution in [2.45, 2.75) is 13.8 Å². The monoisotopic (exact) mass is 864 g/mol. The molecule has 10 heteroatoms. The minimum atomic E-state index is -0.442. The van der Waals surface area contributed by atoms with Gasteiger partial charge < -0.3 is 9.47 Å². The summed E-state index contributed by atoms with van der Waals surface area (Å²) in [5, 5.41) is 0. The normalized spacial score (nSPS) is 11.3. The van der Waals surface area contributed by atoms with E-state index in [9.17, 15) is 9.59 Å². The number of esters is 2. The predicted molar refractivity (Wildman–Crippen MR) is 197 cm³/mol. The Bertz CT molecular complexity index is 1780. The molecule has 0 heterocycles. The highest BCUT2D eigenvalue weighted by Crippen LogP contribution is 2.36. The number of benzene rings is 5. The topological polar surface area (TPSA) is 77.3 Å². The van der Waals surface area contributed by atoms with Gasteiger partial charge in [0.1, 0.15) is 0 Å². The number of rotatable bonds is 8. The zero-order chi connectivity index (χ0) is 32.8. The molecule has 0 amide bonds. The third-order valence-electron chi connectivity index (χ3n) is 6.58. The fourth-order valence-corrected chi connectivity index (χ4v) is 6.88. The van der Waals surface area contributed by atoms with Gasteiger partial charge >= 0.3 is 11.9 Å². The zero-order valence-corrected chi connectivity index (χ0v) is 30.8. The third kappa shape index (κ3) is 8.76. The lowest BCUT2D eigenvalue weighted by molar-refractivity contribution is 0.0722. The number of carbonyl (C=O) groups is 2. The third-order valence-corrected chi connectivity index (χ3v) is 8.94. The smallest absolute Gasteiger partial charge is 0.343 e. The van der Waals surface area contributed by atoms with Crippen LogP contribution in [-0.4, -0.2) is 24.4 Å². The molecule has 0 aliphatic carbocycles. The van der Waals surface area contributed by atoms with Crippen molar-refractivity contribution >= 4 is 99.5 Å². The molecule has 0 saturated heterocycles. The molecule has 0 bridgehead atoms. The standard InChI is InChI=1S/C36H24Br4N2O4/c1-21-3-7-25(8-4-21)35(43)45-33-29(37)15-23(16-30(33)38)19-41-27-11-13-28(14-12-27)42-20-24-17-31(39)34(32(40)18-24)46-36(44)26-9-5-22(2)6-10-26/h3-20H,1-2H3. The van der Waals surface area contributed by atoms with Gasteiger partial charge in [-0.15, -0.1) is 0 Å². The molecule has 0 unspecified atom stereocenters. The van der Waals surface area contributed by atoms with Crippen molar-refractivity contribution in [2.24, 2.45) is 9.98 Å². The van der Waals surface area contributed by atoms with E-state index in [1.807, 2.05) is 86.6 Å². The van der Waals surface area contributed by atoms with Crippen LogP contribution in [0.2, 0.25) is 0 Å². The van der Waals surface area contributed by atoms with Crippen molar-refractivity contribution in [3.63, 3.8) is 0 Å². The number of hydrogen-bond donors (Lipinski definition) is 0. The van der Waals surface area contributed by atoms with Gasteiger partial charge in [-0.25, -0.2) is 9.59 Å². The lowest BCUT2D eigenvalue weighted by atomic mass is 10.1. The van der Waals surface area contributed by atoms with E-state index in [1.165, 1.54) is 0 Å². The summed E-state index contributed by atoms with van der Waals surface area (Å²) < 4.78 is 13.7. The van der Waals surface area contributed by atoms with Crippen LogP contribution in [0.3, 0.4) is 0 Å². The van der Waals surface area contributed by atoms with Crippen LogP contribution >= 0.6 is 63.7 Å². The molecule has 0 spiro atoms. The van der Waals surface area contributed by atoms with E-state index in [0.29, 0.717) is 40.5 Å². The van der Waals surface area contributed by atoms with Crippen molar-refractivity contribution in [3.05, 3.63) is 148 Å². The molecule has 0 aliphatic heterocycles. The second kappa shape index (κ2) is 15.3. The van der Waals surface area contributed by atoms with E-state index in [-0.39, 0.29) is 0 Å². The van der Waals surface area contributed by atoms with Crippen LogP contribution in [0.25, 0.3) is 0 Å². The number of aryl methyl sites for hydroxylation is 2. The summed E-state index contributed by atoms with van der Waals surface area (Å²) in [6.45, 7) is 3.92. The van der Waals surface area contributed by atoms with E-state index < -0.39 is 11.9 Å². The maximum atomic E-state index is 12.6. The van der Waals surface area contributed by atoms with Gasteiger partial charge in [0.25, 0.3) is 0 Å². The van der Waals surface area contributed by atoms with Gasteiger partial charge in [0, 0.05) is 12.4 Å². The maximum Gasteiger partial charge on any atom is 0.343 e. The fourth-order valence-electron chi connectivity index (χ4n) is 4.11. The molecule has 0 N–H and O–H groups in total. The Labute approximate surface area is 300 Å². The molecule has 0 atom stereocenters. The SMILES string of the molecule is Cc1ccc(C(=O)Oc2c(Br)cc(C=Nc3ccc(N=Cc4cc(Br)c(OC(=O)c5ccc(C)cc5)c(Br)c4)cc3)cc2Br)cc1. The first-order valence-corrected chi connectivity index (χ1v) is 17.0. The summed E-state index contributed by atoms with van der Waals surface area (Å²) in [6, 6.07) is 29.2. The minimum absolute atomic E-state index is 0.391. The number of nitrogens with zero attached hydrogens (tertiary/aromatic N) is 2. The first-order chi connectivity index (χ1) is 22.0. The van der Waals surface area contributed by atoms with Gasteiger partial charge in [0.2, 0.25) is 0 Å². The second-order valence-electron chi connectivity index (χ2n) is 10.2. The Morgan fingerprint density at radius 1 is 0.522 bits per heavy atom. The lowest BCUT2D eigenvalue weighted by Crippen LogP contribution is -2.09. The van der Waals surface area contributed by atoms with Gasteiger partial charge in [-0.2, -0.15) is 0 Å². The van der Waals surface area contributed by atoms with Gasteiger partial charge in [-0.3, -0.25) is 9.98 Å².